The highest BCUT2D eigenvalue weighted by molar-refractivity contribution is 9.10. The highest BCUT2D eigenvalue weighted by Gasteiger charge is 2.10. The zero-order valence-corrected chi connectivity index (χ0v) is 14.1. The maximum absolute atomic E-state index is 5.26. The van der Waals surface area contributed by atoms with Gasteiger partial charge >= 0.3 is 0 Å². The van der Waals surface area contributed by atoms with E-state index in [1.165, 1.54) is 18.4 Å². The minimum atomic E-state index is 0.594. The number of nitrogens with one attached hydrogen (secondary N) is 1. The summed E-state index contributed by atoms with van der Waals surface area (Å²) in [6, 6.07) is 6.95. The lowest BCUT2D eigenvalue weighted by atomic mass is 9.95. The standard InChI is InChI=1S/C16H26BrNO/c1-5-8-18-13(3)9-12(2)10-14-6-7-16(19-4)15(17)11-14/h6-7,11-13,18H,5,8-10H2,1-4H3. The van der Waals surface area contributed by atoms with Crippen molar-refractivity contribution in [3.05, 3.63) is 28.2 Å². The first-order chi connectivity index (χ1) is 9.06. The van der Waals surface area contributed by atoms with Gasteiger partial charge in [0.1, 0.15) is 5.75 Å². The molecule has 19 heavy (non-hydrogen) atoms. The van der Waals surface area contributed by atoms with Crippen LogP contribution in [0.25, 0.3) is 0 Å². The number of hydrogen-bond donors (Lipinski definition) is 1. The maximum Gasteiger partial charge on any atom is 0.133 e. The fraction of sp³-hybridized carbons (Fsp3) is 0.625. The molecular weight excluding hydrogens is 302 g/mol. The van der Waals surface area contributed by atoms with Crippen LogP contribution in [0.5, 0.6) is 5.75 Å². The molecule has 3 heteroatoms. The first-order valence-corrected chi connectivity index (χ1v) is 7.91. The van der Waals surface area contributed by atoms with Crippen molar-refractivity contribution in [3.63, 3.8) is 0 Å². The van der Waals surface area contributed by atoms with Crippen molar-refractivity contribution >= 4 is 15.9 Å². The van der Waals surface area contributed by atoms with Crippen LogP contribution in [0.2, 0.25) is 0 Å². The molecule has 2 atom stereocenters. The highest BCUT2D eigenvalue weighted by Crippen LogP contribution is 2.27. The molecule has 0 radical (unpaired) electrons. The number of rotatable bonds is 8. The molecule has 0 aromatic heterocycles. The minimum absolute atomic E-state index is 0.594. The van der Waals surface area contributed by atoms with Crippen LogP contribution >= 0.6 is 15.9 Å². The molecule has 0 aliphatic rings. The van der Waals surface area contributed by atoms with E-state index in [-0.39, 0.29) is 0 Å². The molecule has 1 rings (SSSR count). The second-order valence-electron chi connectivity index (χ2n) is 5.37. The van der Waals surface area contributed by atoms with Crippen LogP contribution in [0.4, 0.5) is 0 Å². The predicted octanol–water partition coefficient (Wildman–Crippen LogP) is 4.41. The van der Waals surface area contributed by atoms with E-state index >= 15 is 0 Å². The first-order valence-electron chi connectivity index (χ1n) is 7.12. The van der Waals surface area contributed by atoms with Gasteiger partial charge in [0, 0.05) is 6.04 Å². The van der Waals surface area contributed by atoms with E-state index in [0.29, 0.717) is 12.0 Å². The van der Waals surface area contributed by atoms with Crippen LogP contribution in [0.15, 0.2) is 22.7 Å². The van der Waals surface area contributed by atoms with Gasteiger partial charge in [0.2, 0.25) is 0 Å². The monoisotopic (exact) mass is 327 g/mol. The molecule has 1 aromatic rings. The maximum atomic E-state index is 5.26. The molecule has 0 saturated carbocycles. The van der Waals surface area contributed by atoms with Crippen molar-refractivity contribution < 1.29 is 4.74 Å². The molecule has 0 aliphatic carbocycles. The van der Waals surface area contributed by atoms with E-state index in [9.17, 15) is 0 Å². The molecule has 0 spiro atoms. The van der Waals surface area contributed by atoms with Crippen molar-refractivity contribution in [2.24, 2.45) is 5.92 Å². The highest BCUT2D eigenvalue weighted by atomic mass is 79.9. The van der Waals surface area contributed by atoms with Crippen LogP contribution in [0.1, 0.15) is 39.2 Å². The summed E-state index contributed by atoms with van der Waals surface area (Å²) in [6.07, 6.45) is 3.52. The Morgan fingerprint density at radius 3 is 2.63 bits per heavy atom. The summed E-state index contributed by atoms with van der Waals surface area (Å²) in [5.41, 5.74) is 1.36. The summed E-state index contributed by atoms with van der Waals surface area (Å²) in [5.74, 6) is 1.58. The second-order valence-corrected chi connectivity index (χ2v) is 6.22. The first kappa shape index (κ1) is 16.5. The Kier molecular flexibility index (Phi) is 7.47. The van der Waals surface area contributed by atoms with Gasteiger partial charge in [-0.15, -0.1) is 0 Å². The van der Waals surface area contributed by atoms with Gasteiger partial charge in [-0.1, -0.05) is 19.9 Å². The molecule has 0 heterocycles. The molecule has 0 aliphatic heterocycles. The number of hydrogen-bond acceptors (Lipinski definition) is 2. The van der Waals surface area contributed by atoms with Gasteiger partial charge in [0.25, 0.3) is 0 Å². The summed E-state index contributed by atoms with van der Waals surface area (Å²) in [4.78, 5) is 0. The van der Waals surface area contributed by atoms with Crippen molar-refractivity contribution in [2.75, 3.05) is 13.7 Å². The molecule has 0 saturated heterocycles. The lowest BCUT2D eigenvalue weighted by molar-refractivity contribution is 0.410. The van der Waals surface area contributed by atoms with Crippen LogP contribution in [0.3, 0.4) is 0 Å². The van der Waals surface area contributed by atoms with Crippen molar-refractivity contribution in [1.29, 1.82) is 0 Å². The topological polar surface area (TPSA) is 21.3 Å². The summed E-state index contributed by atoms with van der Waals surface area (Å²) >= 11 is 3.54. The lowest BCUT2D eigenvalue weighted by Crippen LogP contribution is -2.28. The van der Waals surface area contributed by atoms with Gasteiger partial charge < -0.3 is 10.1 Å². The van der Waals surface area contributed by atoms with Crippen LogP contribution in [0, 0.1) is 5.92 Å². The van der Waals surface area contributed by atoms with Gasteiger partial charge in [-0.05, 0) is 72.3 Å². The third-order valence-corrected chi connectivity index (χ3v) is 3.92. The zero-order valence-electron chi connectivity index (χ0n) is 12.5. The molecule has 2 nitrogen and oxygen atoms in total. The van der Waals surface area contributed by atoms with Gasteiger partial charge in [-0.25, -0.2) is 0 Å². The van der Waals surface area contributed by atoms with Crippen LogP contribution in [-0.2, 0) is 6.42 Å². The predicted molar refractivity (Wildman–Crippen MR) is 85.9 cm³/mol. The van der Waals surface area contributed by atoms with E-state index in [0.717, 1.165) is 23.2 Å². The second kappa shape index (κ2) is 8.60. The average Bonchev–Trinajstić information content (AvgIpc) is 2.36. The Balaban J connectivity index is 2.47. The van der Waals surface area contributed by atoms with Crippen molar-refractivity contribution in [1.82, 2.24) is 5.32 Å². The van der Waals surface area contributed by atoms with Gasteiger partial charge in [0.05, 0.1) is 11.6 Å². The third kappa shape index (κ3) is 5.96. The molecule has 108 valence electrons. The van der Waals surface area contributed by atoms with E-state index in [1.807, 2.05) is 6.07 Å². The van der Waals surface area contributed by atoms with Gasteiger partial charge in [0.15, 0.2) is 0 Å². The normalized spacial score (nSPS) is 14.2. The molecule has 2 unspecified atom stereocenters. The smallest absolute Gasteiger partial charge is 0.133 e. The quantitative estimate of drug-likeness (QED) is 0.763. The number of methoxy groups -OCH3 is 1. The fourth-order valence-corrected chi connectivity index (χ4v) is 2.99. The Morgan fingerprint density at radius 2 is 2.05 bits per heavy atom. The summed E-state index contributed by atoms with van der Waals surface area (Å²) < 4.78 is 6.30. The molecule has 0 amide bonds. The largest absolute Gasteiger partial charge is 0.496 e. The molecule has 1 N–H and O–H groups in total. The molecule has 0 fully saturated rings. The van der Waals surface area contributed by atoms with Crippen molar-refractivity contribution in [3.8, 4) is 5.75 Å². The van der Waals surface area contributed by atoms with E-state index in [4.69, 9.17) is 4.74 Å². The Labute approximate surface area is 126 Å². The molecule has 0 bridgehead atoms. The number of ether oxygens (including phenoxy) is 1. The lowest BCUT2D eigenvalue weighted by Gasteiger charge is -2.18. The fourth-order valence-electron chi connectivity index (χ4n) is 2.40. The minimum Gasteiger partial charge on any atom is -0.496 e. The molecule has 1 aromatic carbocycles. The average molecular weight is 328 g/mol. The van der Waals surface area contributed by atoms with Gasteiger partial charge in [-0.2, -0.15) is 0 Å². The van der Waals surface area contributed by atoms with Crippen molar-refractivity contribution in [2.45, 2.75) is 46.1 Å². The van der Waals surface area contributed by atoms with Gasteiger partial charge in [-0.3, -0.25) is 0 Å². The van der Waals surface area contributed by atoms with Crippen LogP contribution < -0.4 is 10.1 Å². The van der Waals surface area contributed by atoms with E-state index in [2.05, 4.69) is 54.2 Å². The van der Waals surface area contributed by atoms with E-state index in [1.54, 1.807) is 7.11 Å². The summed E-state index contributed by atoms with van der Waals surface area (Å²) in [6.45, 7) is 7.92. The Bertz CT molecular complexity index is 381. The zero-order chi connectivity index (χ0) is 14.3. The SMILES string of the molecule is CCCNC(C)CC(C)Cc1ccc(OC)c(Br)c1. The Hall–Kier alpha value is -0.540. The van der Waals surface area contributed by atoms with E-state index < -0.39 is 0 Å². The molecular formula is C16H26BrNO. The Morgan fingerprint density at radius 1 is 1.32 bits per heavy atom. The summed E-state index contributed by atoms with van der Waals surface area (Å²) in [5, 5.41) is 3.55. The number of halogens is 1. The summed E-state index contributed by atoms with van der Waals surface area (Å²) in [7, 11) is 1.70. The third-order valence-electron chi connectivity index (χ3n) is 3.30. The van der Waals surface area contributed by atoms with Crippen LogP contribution in [-0.4, -0.2) is 19.7 Å². The number of benzene rings is 1.